The van der Waals surface area contributed by atoms with Crippen molar-refractivity contribution in [3.05, 3.63) is 59.7 Å². The van der Waals surface area contributed by atoms with E-state index in [1.807, 2.05) is 31.3 Å². The van der Waals surface area contributed by atoms with Crippen LogP contribution in [-0.4, -0.2) is 20.3 Å². The lowest BCUT2D eigenvalue weighted by Gasteiger charge is -2.25. The fourth-order valence-electron chi connectivity index (χ4n) is 2.40. The van der Waals surface area contributed by atoms with Crippen molar-refractivity contribution >= 4 is 0 Å². The Balaban J connectivity index is 2.12. The van der Waals surface area contributed by atoms with Crippen LogP contribution in [0.4, 0.5) is 0 Å². The van der Waals surface area contributed by atoms with Crippen molar-refractivity contribution in [2.24, 2.45) is 0 Å². The van der Waals surface area contributed by atoms with Gasteiger partial charge in [0.1, 0.15) is 17.6 Å². The predicted octanol–water partition coefficient (Wildman–Crippen LogP) is 3.73. The molecule has 0 radical (unpaired) electrons. The van der Waals surface area contributed by atoms with Gasteiger partial charge in [0.15, 0.2) is 0 Å². The lowest BCUT2D eigenvalue weighted by Crippen LogP contribution is -2.31. The minimum Gasteiger partial charge on any atom is -0.497 e. The molecular weight excluding hydrogens is 262 g/mol. The van der Waals surface area contributed by atoms with Crippen molar-refractivity contribution in [1.29, 1.82) is 0 Å². The first-order valence-corrected chi connectivity index (χ1v) is 7.18. The van der Waals surface area contributed by atoms with Crippen molar-refractivity contribution in [3.63, 3.8) is 0 Å². The molecule has 0 bridgehead atoms. The molecule has 0 aliphatic rings. The van der Waals surface area contributed by atoms with E-state index in [9.17, 15) is 0 Å². The van der Waals surface area contributed by atoms with E-state index in [2.05, 4.69) is 43.4 Å². The molecule has 2 atom stereocenters. The van der Waals surface area contributed by atoms with Gasteiger partial charge in [-0.2, -0.15) is 0 Å². The summed E-state index contributed by atoms with van der Waals surface area (Å²) < 4.78 is 11.3. The number of hydrogen-bond acceptors (Lipinski definition) is 3. The third-order valence-corrected chi connectivity index (χ3v) is 3.58. The molecule has 3 heteroatoms. The molecule has 0 heterocycles. The van der Waals surface area contributed by atoms with Crippen molar-refractivity contribution < 1.29 is 9.47 Å². The highest BCUT2D eigenvalue weighted by atomic mass is 16.5. The van der Waals surface area contributed by atoms with E-state index in [0.29, 0.717) is 0 Å². The highest BCUT2D eigenvalue weighted by Crippen LogP contribution is 2.24. The third kappa shape index (κ3) is 3.99. The summed E-state index contributed by atoms with van der Waals surface area (Å²) in [5, 5.41) is 3.33. The van der Waals surface area contributed by atoms with Crippen LogP contribution in [0, 0.1) is 6.92 Å². The van der Waals surface area contributed by atoms with Gasteiger partial charge < -0.3 is 14.8 Å². The largest absolute Gasteiger partial charge is 0.497 e. The van der Waals surface area contributed by atoms with Crippen molar-refractivity contribution in [3.8, 4) is 11.5 Å². The number of hydrogen-bond donors (Lipinski definition) is 1. The summed E-state index contributed by atoms with van der Waals surface area (Å²) in [6.45, 7) is 4.16. The summed E-state index contributed by atoms with van der Waals surface area (Å²) in [5.41, 5.74) is 2.48. The number of benzene rings is 2. The smallest absolute Gasteiger partial charge is 0.123 e. The zero-order chi connectivity index (χ0) is 15.2. The average Bonchev–Trinajstić information content (AvgIpc) is 2.50. The normalized spacial score (nSPS) is 13.5. The van der Waals surface area contributed by atoms with Gasteiger partial charge in [0, 0.05) is 6.07 Å². The molecule has 0 aliphatic heterocycles. The van der Waals surface area contributed by atoms with E-state index in [-0.39, 0.29) is 12.1 Å². The fraction of sp³-hybridized carbons (Fsp3) is 0.333. The van der Waals surface area contributed by atoms with Gasteiger partial charge in [-0.1, -0.05) is 35.9 Å². The van der Waals surface area contributed by atoms with Crippen LogP contribution in [0.5, 0.6) is 11.5 Å². The first-order valence-electron chi connectivity index (χ1n) is 7.18. The molecule has 3 nitrogen and oxygen atoms in total. The molecule has 0 saturated carbocycles. The Morgan fingerprint density at radius 1 is 1.00 bits per heavy atom. The molecule has 0 saturated heterocycles. The Morgan fingerprint density at radius 2 is 1.67 bits per heavy atom. The summed E-state index contributed by atoms with van der Waals surface area (Å²) in [5.74, 6) is 1.62. The standard InChI is InChI=1S/C18H23NO2/c1-13-8-10-15(11-9-13)18(19-3)14(2)21-17-7-5-6-16(12-17)20-4/h5-12,14,18-19H,1-4H3. The summed E-state index contributed by atoms with van der Waals surface area (Å²) >= 11 is 0. The van der Waals surface area contributed by atoms with E-state index in [0.717, 1.165) is 11.5 Å². The maximum atomic E-state index is 6.05. The number of rotatable bonds is 6. The quantitative estimate of drug-likeness (QED) is 0.877. The summed E-state index contributed by atoms with van der Waals surface area (Å²) in [7, 11) is 3.61. The fourth-order valence-corrected chi connectivity index (χ4v) is 2.40. The molecule has 0 amide bonds. The van der Waals surface area contributed by atoms with Crippen molar-refractivity contribution in [2.75, 3.05) is 14.2 Å². The second-order valence-corrected chi connectivity index (χ2v) is 5.18. The van der Waals surface area contributed by atoms with Gasteiger partial charge >= 0.3 is 0 Å². The monoisotopic (exact) mass is 285 g/mol. The van der Waals surface area contributed by atoms with Gasteiger partial charge in [-0.05, 0) is 38.6 Å². The molecule has 0 aliphatic carbocycles. The van der Waals surface area contributed by atoms with Gasteiger partial charge in [-0.15, -0.1) is 0 Å². The number of likely N-dealkylation sites (N-methyl/N-ethyl adjacent to an activating group) is 1. The average molecular weight is 285 g/mol. The molecule has 21 heavy (non-hydrogen) atoms. The van der Waals surface area contributed by atoms with Gasteiger partial charge in [-0.3, -0.25) is 0 Å². The van der Waals surface area contributed by atoms with Crippen LogP contribution in [0.2, 0.25) is 0 Å². The Morgan fingerprint density at radius 3 is 2.29 bits per heavy atom. The topological polar surface area (TPSA) is 30.5 Å². The highest BCUT2D eigenvalue weighted by molar-refractivity contribution is 5.33. The zero-order valence-corrected chi connectivity index (χ0v) is 13.1. The van der Waals surface area contributed by atoms with Gasteiger partial charge in [0.2, 0.25) is 0 Å². The van der Waals surface area contributed by atoms with Crippen LogP contribution in [-0.2, 0) is 0 Å². The lowest BCUT2D eigenvalue weighted by molar-refractivity contribution is 0.175. The lowest BCUT2D eigenvalue weighted by atomic mass is 10.0. The molecule has 2 aromatic rings. The van der Waals surface area contributed by atoms with Gasteiger partial charge in [-0.25, -0.2) is 0 Å². The van der Waals surface area contributed by atoms with Crippen LogP contribution in [0.1, 0.15) is 24.1 Å². The number of methoxy groups -OCH3 is 1. The molecule has 112 valence electrons. The highest BCUT2D eigenvalue weighted by Gasteiger charge is 2.19. The number of ether oxygens (including phenoxy) is 2. The van der Waals surface area contributed by atoms with Crippen molar-refractivity contribution in [2.45, 2.75) is 26.0 Å². The Bertz CT molecular complexity index is 566. The summed E-state index contributed by atoms with van der Waals surface area (Å²) in [6.07, 6.45) is 0.00446. The van der Waals surface area contributed by atoms with Gasteiger partial charge in [0.05, 0.1) is 13.2 Å². The van der Waals surface area contributed by atoms with E-state index in [4.69, 9.17) is 9.47 Å². The SMILES string of the molecule is CNC(c1ccc(C)cc1)C(C)Oc1cccc(OC)c1. The van der Waals surface area contributed by atoms with Crippen LogP contribution in [0.3, 0.4) is 0 Å². The minimum absolute atomic E-state index is 0.00446. The second-order valence-electron chi connectivity index (χ2n) is 5.18. The molecule has 0 aromatic heterocycles. The maximum absolute atomic E-state index is 6.05. The first-order chi connectivity index (χ1) is 10.1. The van der Waals surface area contributed by atoms with E-state index in [1.54, 1.807) is 7.11 Å². The Hall–Kier alpha value is -2.00. The molecule has 0 spiro atoms. The van der Waals surface area contributed by atoms with E-state index in [1.165, 1.54) is 11.1 Å². The van der Waals surface area contributed by atoms with Gasteiger partial charge in [0.25, 0.3) is 0 Å². The summed E-state index contributed by atoms with van der Waals surface area (Å²) in [6, 6.07) is 16.4. The predicted molar refractivity (Wildman–Crippen MR) is 86.1 cm³/mol. The molecular formula is C18H23NO2. The Kier molecular flexibility index (Phi) is 5.23. The van der Waals surface area contributed by atoms with Crippen LogP contribution >= 0.6 is 0 Å². The first kappa shape index (κ1) is 15.4. The maximum Gasteiger partial charge on any atom is 0.123 e. The van der Waals surface area contributed by atoms with Crippen LogP contribution in [0.25, 0.3) is 0 Å². The Labute approximate surface area is 126 Å². The zero-order valence-electron chi connectivity index (χ0n) is 13.1. The van der Waals surface area contributed by atoms with E-state index < -0.39 is 0 Å². The second kappa shape index (κ2) is 7.14. The number of nitrogens with one attached hydrogen (secondary N) is 1. The van der Waals surface area contributed by atoms with Crippen LogP contribution in [0.15, 0.2) is 48.5 Å². The molecule has 2 rings (SSSR count). The van der Waals surface area contributed by atoms with Crippen molar-refractivity contribution in [1.82, 2.24) is 5.32 Å². The molecule has 2 aromatic carbocycles. The number of aryl methyl sites for hydroxylation is 1. The third-order valence-electron chi connectivity index (χ3n) is 3.58. The molecule has 2 unspecified atom stereocenters. The molecule has 0 fully saturated rings. The molecule has 1 N–H and O–H groups in total. The minimum atomic E-state index is 0.00446. The summed E-state index contributed by atoms with van der Waals surface area (Å²) in [4.78, 5) is 0. The van der Waals surface area contributed by atoms with Crippen LogP contribution < -0.4 is 14.8 Å². The van der Waals surface area contributed by atoms with E-state index >= 15 is 0 Å².